The van der Waals surface area contributed by atoms with Gasteiger partial charge in [0.05, 0.1) is 4.92 Å². The Bertz CT molecular complexity index is 1180. The Kier molecular flexibility index (Phi) is 5.79. The van der Waals surface area contributed by atoms with E-state index in [0.29, 0.717) is 10.1 Å². The van der Waals surface area contributed by atoms with Crippen molar-refractivity contribution in [3.8, 4) is 5.75 Å². The second-order valence-corrected chi connectivity index (χ2v) is 9.06. The predicted octanol–water partition coefficient (Wildman–Crippen LogP) is 0.903. The molecule has 3 heterocycles. The quantitative estimate of drug-likeness (QED) is 0.234. The SMILES string of the molecule is O=c1ccn([C@@H]2O[C@H](CO[P+]3(O)OCc4cc([N+](=O)[O-])ccc4O3)[C@@H](O)[C@@]2(F)Cl)c(=O)[nH]1. The number of rotatable bonds is 5. The number of aromatic amines is 1. The van der Waals surface area contributed by atoms with Crippen LogP contribution in [-0.2, 0) is 20.4 Å². The highest BCUT2D eigenvalue weighted by Gasteiger charge is 2.60. The summed E-state index contributed by atoms with van der Waals surface area (Å²) in [6.07, 6.45) is -4.34. The first kappa shape index (κ1) is 22.7. The van der Waals surface area contributed by atoms with Gasteiger partial charge < -0.3 is 9.84 Å². The molecule has 1 aromatic heterocycles. The Morgan fingerprint density at radius 2 is 2.19 bits per heavy atom. The van der Waals surface area contributed by atoms with Crippen LogP contribution in [0.15, 0.2) is 40.1 Å². The largest absolute Gasteiger partial charge is 0.619 e. The molecule has 2 aromatic rings. The number of nitrogens with one attached hydrogen (secondary N) is 1. The number of alkyl halides is 2. The Balaban J connectivity index is 1.47. The standard InChI is InChI=1S/C16H14ClFN3O10P/c17-16(18)13(23)11(30-14(16)20-4-3-12(22)19-15(20)24)7-29-32(27)28-6-8-5-9(21(25)26)1-2-10(8)31-32/h1-5,11,13-14,23,27H,6-7H2/p+1/t11-,13-,14-,16+,32?/m1/s1. The van der Waals surface area contributed by atoms with Crippen LogP contribution in [0.1, 0.15) is 11.8 Å². The van der Waals surface area contributed by atoms with Crippen molar-refractivity contribution in [2.24, 2.45) is 0 Å². The minimum absolute atomic E-state index is 0.0837. The van der Waals surface area contributed by atoms with Gasteiger partial charge in [0.15, 0.2) is 12.0 Å². The molecule has 32 heavy (non-hydrogen) atoms. The lowest BCUT2D eigenvalue weighted by Crippen LogP contribution is -2.42. The lowest BCUT2D eigenvalue weighted by atomic mass is 10.1. The highest BCUT2D eigenvalue weighted by Crippen LogP contribution is 2.62. The molecule has 1 aromatic carbocycles. The van der Waals surface area contributed by atoms with E-state index in [2.05, 4.69) is 0 Å². The van der Waals surface area contributed by atoms with E-state index >= 15 is 0 Å². The molecule has 5 atom stereocenters. The zero-order valence-electron chi connectivity index (χ0n) is 15.8. The van der Waals surface area contributed by atoms with Gasteiger partial charge in [0.1, 0.15) is 25.4 Å². The number of aliphatic hydroxyl groups is 1. The summed E-state index contributed by atoms with van der Waals surface area (Å²) in [6, 6.07) is 4.57. The first-order valence-electron chi connectivity index (χ1n) is 8.91. The molecule has 0 bridgehead atoms. The summed E-state index contributed by atoms with van der Waals surface area (Å²) >= 11 is 5.77. The molecule has 4 rings (SSSR count). The highest BCUT2D eigenvalue weighted by atomic mass is 35.5. The third-order valence-corrected chi connectivity index (χ3v) is 6.51. The number of hydrogen-bond acceptors (Lipinski definition) is 10. The molecule has 3 N–H and O–H groups in total. The average molecular weight is 495 g/mol. The van der Waals surface area contributed by atoms with Crippen LogP contribution in [0.2, 0.25) is 0 Å². The van der Waals surface area contributed by atoms with Crippen molar-refractivity contribution in [3.63, 3.8) is 0 Å². The third-order valence-electron chi connectivity index (χ3n) is 4.74. The average Bonchev–Trinajstić information content (AvgIpc) is 2.95. The number of halogens is 2. The van der Waals surface area contributed by atoms with Crippen LogP contribution in [0.25, 0.3) is 0 Å². The second-order valence-electron chi connectivity index (χ2n) is 6.84. The first-order chi connectivity index (χ1) is 15.0. The van der Waals surface area contributed by atoms with Gasteiger partial charge in [0.2, 0.25) is 0 Å². The Morgan fingerprint density at radius 1 is 1.44 bits per heavy atom. The van der Waals surface area contributed by atoms with Gasteiger partial charge >= 0.3 is 13.9 Å². The number of hydrogen-bond donors (Lipinski definition) is 3. The first-order valence-corrected chi connectivity index (χ1v) is 10.8. The van der Waals surface area contributed by atoms with Gasteiger partial charge in [0, 0.05) is 30.0 Å². The number of aliphatic hydroxyl groups excluding tert-OH is 1. The minimum Gasteiger partial charge on any atom is -0.385 e. The molecule has 16 heteroatoms. The normalized spacial score (nSPS) is 31.7. The Labute approximate surface area is 182 Å². The number of nitro benzene ring substituents is 1. The fraction of sp³-hybridized carbons (Fsp3) is 0.375. The zero-order chi connectivity index (χ0) is 23.3. The van der Waals surface area contributed by atoms with Gasteiger partial charge in [-0.25, -0.2) is 9.18 Å². The van der Waals surface area contributed by atoms with Crippen molar-refractivity contribution in [2.75, 3.05) is 6.61 Å². The monoisotopic (exact) mass is 494 g/mol. The van der Waals surface area contributed by atoms with Crippen molar-refractivity contribution in [2.45, 2.75) is 30.2 Å². The van der Waals surface area contributed by atoms with E-state index in [1.54, 1.807) is 0 Å². The molecular formula is C16H15ClFN3O10P+. The van der Waals surface area contributed by atoms with E-state index < -0.39 is 54.5 Å². The smallest absolute Gasteiger partial charge is 0.385 e. The van der Waals surface area contributed by atoms with Gasteiger partial charge in [0.25, 0.3) is 16.4 Å². The molecule has 0 radical (unpaired) electrons. The summed E-state index contributed by atoms with van der Waals surface area (Å²) in [5.41, 5.74) is -1.65. The third kappa shape index (κ3) is 4.13. The van der Waals surface area contributed by atoms with Gasteiger partial charge in [-0.15, -0.1) is 9.05 Å². The van der Waals surface area contributed by atoms with Crippen LogP contribution in [0, 0.1) is 10.1 Å². The summed E-state index contributed by atoms with van der Waals surface area (Å²) in [7, 11) is -4.01. The predicted molar refractivity (Wildman–Crippen MR) is 105 cm³/mol. The summed E-state index contributed by atoms with van der Waals surface area (Å²) in [6.45, 7) is -0.923. The fourth-order valence-corrected chi connectivity index (χ4v) is 4.67. The Morgan fingerprint density at radius 3 is 2.88 bits per heavy atom. The number of H-pyrrole nitrogens is 1. The van der Waals surface area contributed by atoms with Gasteiger partial charge in [-0.2, -0.15) is 4.89 Å². The van der Waals surface area contributed by atoms with Gasteiger partial charge in [-0.1, -0.05) is 11.6 Å². The molecule has 2 aliphatic rings. The molecule has 172 valence electrons. The van der Waals surface area contributed by atoms with Crippen molar-refractivity contribution in [1.29, 1.82) is 0 Å². The molecular weight excluding hydrogens is 480 g/mol. The second kappa shape index (κ2) is 8.15. The molecule has 2 aliphatic heterocycles. The number of nitrogens with zero attached hydrogens (tertiary/aromatic N) is 2. The number of fused-ring (bicyclic) bond motifs is 1. The van der Waals surface area contributed by atoms with Crippen molar-refractivity contribution in [1.82, 2.24) is 9.55 Å². The molecule has 0 saturated carbocycles. The van der Waals surface area contributed by atoms with E-state index in [9.17, 15) is 34.1 Å². The highest BCUT2D eigenvalue weighted by molar-refractivity contribution is 7.55. The number of ether oxygens (including phenoxy) is 1. The number of non-ortho nitro benzene ring substituents is 1. The van der Waals surface area contributed by atoms with Crippen LogP contribution in [-0.4, -0.2) is 48.4 Å². The maximum atomic E-state index is 15.0. The maximum Gasteiger partial charge on any atom is 0.619 e. The summed E-state index contributed by atoms with van der Waals surface area (Å²) in [5, 5.41) is 18.1. The van der Waals surface area contributed by atoms with E-state index in [0.717, 1.165) is 18.3 Å². The van der Waals surface area contributed by atoms with Crippen molar-refractivity contribution >= 4 is 25.5 Å². The molecule has 0 spiro atoms. The summed E-state index contributed by atoms with van der Waals surface area (Å²) in [4.78, 5) is 45.8. The number of nitro groups is 1. The zero-order valence-corrected chi connectivity index (χ0v) is 17.4. The van der Waals surface area contributed by atoms with E-state index in [4.69, 9.17) is 29.9 Å². The van der Waals surface area contributed by atoms with Crippen LogP contribution >= 0.6 is 19.8 Å². The molecule has 1 saturated heterocycles. The number of aromatic nitrogens is 2. The van der Waals surface area contributed by atoms with Crippen LogP contribution in [0.3, 0.4) is 0 Å². The summed E-state index contributed by atoms with van der Waals surface area (Å²) < 4.78 is 36.6. The summed E-state index contributed by atoms with van der Waals surface area (Å²) in [5.74, 6) is 0.0837. The van der Waals surface area contributed by atoms with E-state index in [1.165, 1.54) is 12.1 Å². The molecule has 13 nitrogen and oxygen atoms in total. The molecule has 0 amide bonds. The lowest BCUT2D eigenvalue weighted by Gasteiger charge is -2.23. The van der Waals surface area contributed by atoms with Crippen LogP contribution in [0.4, 0.5) is 10.1 Å². The van der Waals surface area contributed by atoms with E-state index in [1.807, 2.05) is 4.98 Å². The van der Waals surface area contributed by atoms with Crippen LogP contribution < -0.4 is 15.8 Å². The van der Waals surface area contributed by atoms with Crippen molar-refractivity contribution < 1.29 is 37.6 Å². The van der Waals surface area contributed by atoms with E-state index in [-0.39, 0.29) is 18.0 Å². The minimum atomic E-state index is -4.01. The number of benzene rings is 1. The topological polar surface area (TPSA) is 175 Å². The maximum absolute atomic E-state index is 15.0. The molecule has 1 unspecified atom stereocenters. The Hall–Kier alpha value is -2.45. The molecule has 1 fully saturated rings. The van der Waals surface area contributed by atoms with Crippen molar-refractivity contribution in [3.05, 3.63) is 67.0 Å². The van der Waals surface area contributed by atoms with Gasteiger partial charge in [-0.05, 0) is 6.07 Å². The lowest BCUT2D eigenvalue weighted by molar-refractivity contribution is -0.385. The fourth-order valence-electron chi connectivity index (χ4n) is 3.13. The van der Waals surface area contributed by atoms with Gasteiger partial charge in [-0.3, -0.25) is 29.0 Å². The van der Waals surface area contributed by atoms with Crippen LogP contribution in [0.5, 0.6) is 5.75 Å². The molecule has 0 aliphatic carbocycles.